The molecule has 0 radical (unpaired) electrons. The van der Waals surface area contributed by atoms with E-state index < -0.39 is 0 Å². The van der Waals surface area contributed by atoms with Crippen molar-refractivity contribution in [1.82, 2.24) is 4.98 Å². The lowest BCUT2D eigenvalue weighted by Gasteiger charge is -2.16. The van der Waals surface area contributed by atoms with Gasteiger partial charge in [-0.1, -0.05) is 20.8 Å². The SMILES string of the molecule is CC(C)(C)c1cc(F)[nH]c1Br. The van der Waals surface area contributed by atoms with Gasteiger partial charge in [-0.15, -0.1) is 0 Å². The minimum atomic E-state index is -0.290. The number of aromatic nitrogens is 1. The first-order chi connectivity index (χ1) is 4.91. The third kappa shape index (κ3) is 1.83. The van der Waals surface area contributed by atoms with Crippen molar-refractivity contribution in [2.45, 2.75) is 26.2 Å². The quantitative estimate of drug-likeness (QED) is 0.690. The van der Waals surface area contributed by atoms with E-state index in [2.05, 4.69) is 20.9 Å². The Hall–Kier alpha value is -0.310. The van der Waals surface area contributed by atoms with Crippen LogP contribution in [0.15, 0.2) is 10.7 Å². The molecule has 1 nitrogen and oxygen atoms in total. The summed E-state index contributed by atoms with van der Waals surface area (Å²) in [5.74, 6) is -0.290. The maximum Gasteiger partial charge on any atom is 0.192 e. The first-order valence-corrected chi connectivity index (χ1v) is 4.25. The van der Waals surface area contributed by atoms with E-state index >= 15 is 0 Å². The molecule has 0 atom stereocenters. The second kappa shape index (κ2) is 2.63. The maximum atomic E-state index is 12.6. The van der Waals surface area contributed by atoms with E-state index in [-0.39, 0.29) is 11.4 Å². The molecule has 0 aromatic carbocycles. The molecule has 0 aliphatic carbocycles. The highest BCUT2D eigenvalue weighted by molar-refractivity contribution is 9.10. The minimum Gasteiger partial charge on any atom is -0.326 e. The predicted molar refractivity (Wildman–Crippen MR) is 47.2 cm³/mol. The number of hydrogen-bond acceptors (Lipinski definition) is 0. The highest BCUT2D eigenvalue weighted by atomic mass is 79.9. The fourth-order valence-corrected chi connectivity index (χ4v) is 1.84. The highest BCUT2D eigenvalue weighted by Crippen LogP contribution is 2.29. The molecule has 0 amide bonds. The van der Waals surface area contributed by atoms with Crippen LogP contribution in [0.1, 0.15) is 26.3 Å². The number of H-pyrrole nitrogens is 1. The standard InChI is InChI=1S/C8H11BrFN/c1-8(2,3)5-4-6(10)11-7(5)9/h4,11H,1-3H3. The lowest BCUT2D eigenvalue weighted by Crippen LogP contribution is -2.10. The number of hydrogen-bond donors (Lipinski definition) is 1. The fourth-order valence-electron chi connectivity index (χ4n) is 0.944. The molecule has 0 aliphatic rings. The number of aromatic amines is 1. The fraction of sp³-hybridized carbons (Fsp3) is 0.500. The Kier molecular flexibility index (Phi) is 2.10. The summed E-state index contributed by atoms with van der Waals surface area (Å²) in [5, 5.41) is 0. The molecular weight excluding hydrogens is 209 g/mol. The van der Waals surface area contributed by atoms with Gasteiger partial charge in [0.05, 0.1) is 4.60 Å². The summed E-state index contributed by atoms with van der Waals surface area (Å²) in [6.45, 7) is 6.13. The molecule has 0 fully saturated rings. The van der Waals surface area contributed by atoms with Crippen LogP contribution < -0.4 is 0 Å². The van der Waals surface area contributed by atoms with Crippen LogP contribution in [0.2, 0.25) is 0 Å². The topological polar surface area (TPSA) is 15.8 Å². The van der Waals surface area contributed by atoms with Crippen molar-refractivity contribution in [3.05, 3.63) is 22.2 Å². The van der Waals surface area contributed by atoms with E-state index in [9.17, 15) is 4.39 Å². The van der Waals surface area contributed by atoms with E-state index in [0.29, 0.717) is 0 Å². The molecule has 1 aromatic rings. The molecule has 0 aliphatic heterocycles. The molecule has 1 aromatic heterocycles. The van der Waals surface area contributed by atoms with E-state index in [1.165, 1.54) is 6.07 Å². The smallest absolute Gasteiger partial charge is 0.192 e. The van der Waals surface area contributed by atoms with Crippen LogP contribution in [0.3, 0.4) is 0 Å². The molecule has 0 unspecified atom stereocenters. The van der Waals surface area contributed by atoms with Crippen molar-refractivity contribution < 1.29 is 4.39 Å². The summed E-state index contributed by atoms with van der Waals surface area (Å²) in [6.07, 6.45) is 0. The second-order valence-corrected chi connectivity index (χ2v) is 4.39. The van der Waals surface area contributed by atoms with Crippen molar-refractivity contribution >= 4 is 15.9 Å². The Balaban J connectivity index is 3.13. The van der Waals surface area contributed by atoms with E-state index in [1.54, 1.807) is 0 Å². The van der Waals surface area contributed by atoms with Gasteiger partial charge in [0.25, 0.3) is 0 Å². The first kappa shape index (κ1) is 8.78. The summed E-state index contributed by atoms with van der Waals surface area (Å²) < 4.78 is 13.4. The first-order valence-electron chi connectivity index (χ1n) is 3.46. The van der Waals surface area contributed by atoms with E-state index in [0.717, 1.165) is 10.2 Å². The van der Waals surface area contributed by atoms with E-state index in [1.807, 2.05) is 20.8 Å². The maximum absolute atomic E-state index is 12.6. The van der Waals surface area contributed by atoms with Crippen LogP contribution >= 0.6 is 15.9 Å². The number of nitrogens with one attached hydrogen (secondary N) is 1. The molecule has 0 saturated carbocycles. The summed E-state index contributed by atoms with van der Waals surface area (Å²) in [6, 6.07) is 1.52. The third-order valence-corrected chi connectivity index (χ3v) is 2.17. The van der Waals surface area contributed by atoms with Crippen molar-refractivity contribution in [2.75, 3.05) is 0 Å². The van der Waals surface area contributed by atoms with Crippen molar-refractivity contribution in [1.29, 1.82) is 0 Å². The average molecular weight is 220 g/mol. The molecule has 0 saturated heterocycles. The molecule has 1 heterocycles. The minimum absolute atomic E-state index is 0.0142. The van der Waals surface area contributed by atoms with Crippen LogP contribution in [0.4, 0.5) is 4.39 Å². The van der Waals surface area contributed by atoms with Gasteiger partial charge in [-0.25, -0.2) is 0 Å². The van der Waals surface area contributed by atoms with Gasteiger partial charge in [0.15, 0.2) is 5.95 Å². The summed E-state index contributed by atoms with van der Waals surface area (Å²) in [5.41, 5.74) is 0.953. The summed E-state index contributed by atoms with van der Waals surface area (Å²) in [4.78, 5) is 2.56. The van der Waals surface area contributed by atoms with Gasteiger partial charge in [-0.3, -0.25) is 0 Å². The van der Waals surface area contributed by atoms with E-state index in [4.69, 9.17) is 0 Å². The highest BCUT2D eigenvalue weighted by Gasteiger charge is 2.19. The van der Waals surface area contributed by atoms with Crippen molar-refractivity contribution in [2.24, 2.45) is 0 Å². The van der Waals surface area contributed by atoms with Gasteiger partial charge in [0.2, 0.25) is 0 Å². The zero-order valence-electron chi connectivity index (χ0n) is 6.83. The lowest BCUT2D eigenvalue weighted by atomic mass is 9.89. The average Bonchev–Trinajstić information content (AvgIpc) is 2.08. The zero-order valence-corrected chi connectivity index (χ0v) is 8.42. The Labute approximate surface area is 74.1 Å². The van der Waals surface area contributed by atoms with Crippen LogP contribution in [0, 0.1) is 5.95 Å². The molecule has 3 heteroatoms. The van der Waals surface area contributed by atoms with Gasteiger partial charge >= 0.3 is 0 Å². The normalized spacial score (nSPS) is 12.1. The Morgan fingerprint density at radius 3 is 2.18 bits per heavy atom. The summed E-state index contributed by atoms with van der Waals surface area (Å²) >= 11 is 3.26. The van der Waals surface area contributed by atoms with Crippen LogP contribution in [0.25, 0.3) is 0 Å². The van der Waals surface area contributed by atoms with Crippen LogP contribution in [0.5, 0.6) is 0 Å². The largest absolute Gasteiger partial charge is 0.326 e. The second-order valence-electron chi connectivity index (χ2n) is 3.59. The van der Waals surface area contributed by atoms with Gasteiger partial charge in [0.1, 0.15) is 0 Å². The third-order valence-electron chi connectivity index (χ3n) is 1.54. The summed E-state index contributed by atoms with van der Waals surface area (Å²) in [7, 11) is 0. The predicted octanol–water partition coefficient (Wildman–Crippen LogP) is 3.21. The van der Waals surface area contributed by atoms with Crippen LogP contribution in [-0.2, 0) is 5.41 Å². The van der Waals surface area contributed by atoms with Gasteiger partial charge in [-0.05, 0) is 33.0 Å². The van der Waals surface area contributed by atoms with Crippen molar-refractivity contribution in [3.63, 3.8) is 0 Å². The Morgan fingerprint density at radius 1 is 1.45 bits per heavy atom. The number of halogens is 2. The molecular formula is C8H11BrFN. The number of rotatable bonds is 0. The molecule has 1 N–H and O–H groups in total. The van der Waals surface area contributed by atoms with Crippen LogP contribution in [-0.4, -0.2) is 4.98 Å². The molecule has 1 rings (SSSR count). The van der Waals surface area contributed by atoms with Gasteiger partial charge < -0.3 is 4.98 Å². The van der Waals surface area contributed by atoms with Gasteiger partial charge in [0, 0.05) is 0 Å². The molecule has 0 bridgehead atoms. The Bertz CT molecular complexity index is 260. The molecule has 0 spiro atoms. The molecule has 11 heavy (non-hydrogen) atoms. The molecule has 62 valence electrons. The Morgan fingerprint density at radius 2 is 2.00 bits per heavy atom. The van der Waals surface area contributed by atoms with Crippen molar-refractivity contribution in [3.8, 4) is 0 Å². The lowest BCUT2D eigenvalue weighted by molar-refractivity contribution is 0.578. The zero-order chi connectivity index (χ0) is 8.65. The monoisotopic (exact) mass is 219 g/mol. The van der Waals surface area contributed by atoms with Gasteiger partial charge in [-0.2, -0.15) is 4.39 Å².